The molecular formula is C11H19NO4. The molecule has 5 heteroatoms. The molecule has 0 aromatic heterocycles. The number of rotatable bonds is 6. The van der Waals surface area contributed by atoms with E-state index >= 15 is 0 Å². The molecule has 92 valence electrons. The Bertz CT molecular complexity index is 273. The van der Waals surface area contributed by atoms with Crippen LogP contribution in [0, 0.1) is 5.41 Å². The molecule has 0 spiro atoms. The van der Waals surface area contributed by atoms with Crippen molar-refractivity contribution >= 4 is 11.9 Å². The first-order valence-corrected chi connectivity index (χ1v) is 5.56. The van der Waals surface area contributed by atoms with Gasteiger partial charge >= 0.3 is 5.97 Å². The average Bonchev–Trinajstić information content (AvgIpc) is 2.18. The van der Waals surface area contributed by atoms with Crippen molar-refractivity contribution in [2.24, 2.45) is 5.41 Å². The monoisotopic (exact) mass is 229 g/mol. The van der Waals surface area contributed by atoms with Crippen molar-refractivity contribution in [1.29, 1.82) is 0 Å². The molecule has 1 saturated carbocycles. The lowest BCUT2D eigenvalue weighted by molar-refractivity contribution is -0.156. The molecular weight excluding hydrogens is 210 g/mol. The predicted octanol–water partition coefficient (Wildman–Crippen LogP) is 0.736. The molecule has 0 saturated heterocycles. The summed E-state index contributed by atoms with van der Waals surface area (Å²) < 4.78 is 5.07. The van der Waals surface area contributed by atoms with Gasteiger partial charge in [0.2, 0.25) is 5.91 Å². The van der Waals surface area contributed by atoms with Crippen LogP contribution >= 0.6 is 0 Å². The van der Waals surface area contributed by atoms with E-state index in [0.717, 1.165) is 19.3 Å². The van der Waals surface area contributed by atoms with Gasteiger partial charge in [-0.25, -0.2) is 0 Å². The molecule has 0 aliphatic heterocycles. The summed E-state index contributed by atoms with van der Waals surface area (Å²) in [5.74, 6) is -1.05. The molecule has 1 fully saturated rings. The van der Waals surface area contributed by atoms with Crippen molar-refractivity contribution in [1.82, 2.24) is 4.90 Å². The van der Waals surface area contributed by atoms with Crippen LogP contribution in [0.2, 0.25) is 0 Å². The normalized spacial score (nSPS) is 17.6. The standard InChI is InChI=1S/C11H19NO4/c1-3-12(7-9(13)14)10(15)11(8-16-2)5-4-6-11/h3-8H2,1-2H3,(H,13,14). The highest BCUT2D eigenvalue weighted by molar-refractivity contribution is 5.86. The number of ether oxygens (including phenoxy) is 1. The zero-order valence-corrected chi connectivity index (χ0v) is 9.86. The Morgan fingerprint density at radius 3 is 2.38 bits per heavy atom. The Morgan fingerprint density at radius 1 is 1.44 bits per heavy atom. The Labute approximate surface area is 95.4 Å². The smallest absolute Gasteiger partial charge is 0.323 e. The van der Waals surface area contributed by atoms with Gasteiger partial charge in [0.15, 0.2) is 0 Å². The summed E-state index contributed by atoms with van der Waals surface area (Å²) in [4.78, 5) is 24.2. The minimum Gasteiger partial charge on any atom is -0.480 e. The highest BCUT2D eigenvalue weighted by Gasteiger charge is 2.46. The quantitative estimate of drug-likeness (QED) is 0.729. The zero-order valence-electron chi connectivity index (χ0n) is 9.86. The van der Waals surface area contributed by atoms with Gasteiger partial charge in [0.25, 0.3) is 0 Å². The third-order valence-electron chi connectivity index (χ3n) is 3.18. The topological polar surface area (TPSA) is 66.8 Å². The van der Waals surface area contributed by atoms with E-state index in [9.17, 15) is 9.59 Å². The van der Waals surface area contributed by atoms with Crippen molar-refractivity contribution in [3.63, 3.8) is 0 Å². The molecule has 0 atom stereocenters. The first-order chi connectivity index (χ1) is 7.55. The van der Waals surface area contributed by atoms with Crippen LogP contribution in [-0.2, 0) is 14.3 Å². The Balaban J connectivity index is 2.68. The maximum atomic E-state index is 12.2. The van der Waals surface area contributed by atoms with Gasteiger partial charge in [0.05, 0.1) is 12.0 Å². The largest absolute Gasteiger partial charge is 0.480 e. The third-order valence-corrected chi connectivity index (χ3v) is 3.18. The number of carboxylic acid groups (broad SMARTS) is 1. The van der Waals surface area contributed by atoms with E-state index in [1.165, 1.54) is 4.90 Å². The number of likely N-dealkylation sites (N-methyl/N-ethyl adjacent to an activating group) is 1. The highest BCUT2D eigenvalue weighted by Crippen LogP contribution is 2.42. The van der Waals surface area contributed by atoms with Crippen LogP contribution in [0.15, 0.2) is 0 Å². The summed E-state index contributed by atoms with van der Waals surface area (Å²) in [7, 11) is 1.57. The molecule has 1 rings (SSSR count). The van der Waals surface area contributed by atoms with Gasteiger partial charge in [-0.15, -0.1) is 0 Å². The van der Waals surface area contributed by atoms with Gasteiger partial charge in [-0.1, -0.05) is 6.42 Å². The molecule has 1 aliphatic rings. The number of hydrogen-bond acceptors (Lipinski definition) is 3. The minimum atomic E-state index is -0.970. The molecule has 5 nitrogen and oxygen atoms in total. The summed E-state index contributed by atoms with van der Waals surface area (Å²) in [6.07, 6.45) is 2.62. The summed E-state index contributed by atoms with van der Waals surface area (Å²) in [5, 5.41) is 8.73. The molecule has 0 bridgehead atoms. The number of hydrogen-bond donors (Lipinski definition) is 1. The molecule has 16 heavy (non-hydrogen) atoms. The molecule has 0 aromatic rings. The van der Waals surface area contributed by atoms with Gasteiger partial charge in [-0.3, -0.25) is 9.59 Å². The molecule has 1 amide bonds. The van der Waals surface area contributed by atoms with E-state index in [-0.39, 0.29) is 12.5 Å². The summed E-state index contributed by atoms with van der Waals surface area (Å²) >= 11 is 0. The number of aliphatic carboxylic acids is 1. The van der Waals surface area contributed by atoms with Crippen LogP contribution in [-0.4, -0.2) is 48.7 Å². The number of nitrogens with zero attached hydrogens (tertiary/aromatic N) is 1. The van der Waals surface area contributed by atoms with E-state index < -0.39 is 11.4 Å². The van der Waals surface area contributed by atoms with Crippen LogP contribution in [0.25, 0.3) is 0 Å². The summed E-state index contributed by atoms with van der Waals surface area (Å²) in [6.45, 7) is 2.39. The minimum absolute atomic E-state index is 0.0782. The molecule has 0 heterocycles. The Hall–Kier alpha value is -1.10. The van der Waals surface area contributed by atoms with Crippen molar-refractivity contribution in [2.45, 2.75) is 26.2 Å². The van der Waals surface area contributed by atoms with Gasteiger partial charge in [0.1, 0.15) is 6.54 Å². The van der Waals surface area contributed by atoms with Crippen molar-refractivity contribution in [3.05, 3.63) is 0 Å². The average molecular weight is 229 g/mol. The fourth-order valence-electron chi connectivity index (χ4n) is 2.13. The molecule has 1 N–H and O–H groups in total. The number of amides is 1. The van der Waals surface area contributed by atoms with Crippen LogP contribution in [0.1, 0.15) is 26.2 Å². The van der Waals surface area contributed by atoms with Gasteiger partial charge in [-0.05, 0) is 19.8 Å². The van der Waals surface area contributed by atoms with Crippen LogP contribution < -0.4 is 0 Å². The molecule has 0 unspecified atom stereocenters. The lowest BCUT2D eigenvalue weighted by atomic mass is 9.68. The highest BCUT2D eigenvalue weighted by atomic mass is 16.5. The van der Waals surface area contributed by atoms with Crippen LogP contribution in [0.4, 0.5) is 0 Å². The second-order valence-corrected chi connectivity index (χ2v) is 4.28. The Morgan fingerprint density at radius 2 is 2.06 bits per heavy atom. The first-order valence-electron chi connectivity index (χ1n) is 5.56. The second kappa shape index (κ2) is 5.30. The van der Waals surface area contributed by atoms with E-state index in [2.05, 4.69) is 0 Å². The molecule has 1 aliphatic carbocycles. The fraction of sp³-hybridized carbons (Fsp3) is 0.818. The Kier molecular flexibility index (Phi) is 4.29. The fourth-order valence-corrected chi connectivity index (χ4v) is 2.13. The van der Waals surface area contributed by atoms with Crippen molar-refractivity contribution < 1.29 is 19.4 Å². The number of carbonyl (C=O) groups excluding carboxylic acids is 1. The number of methoxy groups -OCH3 is 1. The van der Waals surface area contributed by atoms with Crippen molar-refractivity contribution in [3.8, 4) is 0 Å². The van der Waals surface area contributed by atoms with E-state index in [4.69, 9.17) is 9.84 Å². The van der Waals surface area contributed by atoms with Gasteiger partial charge in [0, 0.05) is 13.7 Å². The van der Waals surface area contributed by atoms with E-state index in [1.807, 2.05) is 0 Å². The lowest BCUT2D eigenvalue weighted by Crippen LogP contribution is -2.51. The van der Waals surface area contributed by atoms with Crippen molar-refractivity contribution in [2.75, 3.05) is 26.8 Å². The van der Waals surface area contributed by atoms with Gasteiger partial charge < -0.3 is 14.7 Å². The van der Waals surface area contributed by atoms with Gasteiger partial charge in [-0.2, -0.15) is 0 Å². The number of carboxylic acids is 1. The lowest BCUT2D eigenvalue weighted by Gasteiger charge is -2.42. The first kappa shape index (κ1) is 13.0. The molecule has 0 radical (unpaired) electrons. The predicted molar refractivity (Wildman–Crippen MR) is 58.0 cm³/mol. The summed E-state index contributed by atoms with van der Waals surface area (Å²) in [5.41, 5.74) is -0.458. The maximum Gasteiger partial charge on any atom is 0.323 e. The van der Waals surface area contributed by atoms with Crippen LogP contribution in [0.5, 0.6) is 0 Å². The maximum absolute atomic E-state index is 12.2. The summed E-state index contributed by atoms with van der Waals surface area (Å²) in [6, 6.07) is 0. The molecule has 0 aromatic carbocycles. The number of carbonyl (C=O) groups is 2. The van der Waals surface area contributed by atoms with E-state index in [1.54, 1.807) is 14.0 Å². The third kappa shape index (κ3) is 2.52. The van der Waals surface area contributed by atoms with E-state index in [0.29, 0.717) is 13.2 Å². The second-order valence-electron chi connectivity index (χ2n) is 4.28. The van der Waals surface area contributed by atoms with Crippen LogP contribution in [0.3, 0.4) is 0 Å². The SMILES string of the molecule is CCN(CC(=O)O)C(=O)C1(COC)CCC1. The zero-order chi connectivity index (χ0) is 12.2.